The largest absolute Gasteiger partial charge is 0.492 e. The van der Waals surface area contributed by atoms with Gasteiger partial charge in [0.2, 0.25) is 11.8 Å². The Morgan fingerprint density at radius 3 is 2.57 bits per heavy atom. The number of carbonyl (C=O) groups is 2. The maximum absolute atomic E-state index is 12.3. The lowest BCUT2D eigenvalue weighted by atomic mass is 10.1. The van der Waals surface area contributed by atoms with Crippen LogP contribution in [-0.4, -0.2) is 42.2 Å². The molecule has 2 aromatic rings. The Labute approximate surface area is 169 Å². The first-order valence-corrected chi connectivity index (χ1v) is 9.58. The Balaban J connectivity index is 1.34. The molecule has 28 heavy (non-hydrogen) atoms. The fourth-order valence-corrected chi connectivity index (χ4v) is 2.92. The smallest absolute Gasteiger partial charge is 0.243 e. The Morgan fingerprint density at radius 2 is 1.82 bits per heavy atom. The van der Waals surface area contributed by atoms with Crippen LogP contribution in [0.25, 0.3) is 0 Å². The van der Waals surface area contributed by atoms with Gasteiger partial charge in [-0.2, -0.15) is 5.10 Å². The molecule has 0 saturated carbocycles. The zero-order valence-electron chi connectivity index (χ0n) is 15.4. The number of ether oxygens (including phenoxy) is 1. The lowest BCUT2D eigenvalue weighted by Crippen LogP contribution is -2.30. The molecular formula is C21H22ClN3O3. The van der Waals surface area contributed by atoms with Gasteiger partial charge in [-0.25, -0.2) is 5.01 Å². The Bertz CT molecular complexity index is 838. The van der Waals surface area contributed by atoms with Crippen molar-refractivity contribution in [3.8, 4) is 5.75 Å². The second-order valence-corrected chi connectivity index (χ2v) is 6.77. The highest BCUT2D eigenvalue weighted by Crippen LogP contribution is 2.16. The lowest BCUT2D eigenvalue weighted by molar-refractivity contribution is -0.133. The van der Waals surface area contributed by atoms with Crippen LogP contribution < -0.4 is 10.1 Å². The Morgan fingerprint density at radius 1 is 1.07 bits per heavy atom. The third-order valence-corrected chi connectivity index (χ3v) is 4.52. The molecule has 0 aromatic heterocycles. The fraction of sp³-hybridized carbons (Fsp3) is 0.286. The first-order chi connectivity index (χ1) is 13.6. The van der Waals surface area contributed by atoms with E-state index in [2.05, 4.69) is 10.4 Å². The fourth-order valence-electron chi connectivity index (χ4n) is 2.80. The van der Waals surface area contributed by atoms with E-state index in [-0.39, 0.29) is 24.7 Å². The van der Waals surface area contributed by atoms with E-state index < -0.39 is 0 Å². The SMILES string of the molecule is O=C(CCC(=O)N1CCC(c2ccccc2)=N1)NCCOc1ccc(Cl)cc1. The van der Waals surface area contributed by atoms with Crippen molar-refractivity contribution in [2.75, 3.05) is 19.7 Å². The predicted molar refractivity (Wildman–Crippen MR) is 108 cm³/mol. The summed E-state index contributed by atoms with van der Waals surface area (Å²) in [6.07, 6.45) is 0.992. The van der Waals surface area contributed by atoms with Crippen LogP contribution in [0, 0.1) is 0 Å². The first-order valence-electron chi connectivity index (χ1n) is 9.20. The summed E-state index contributed by atoms with van der Waals surface area (Å²) in [5, 5.41) is 9.24. The summed E-state index contributed by atoms with van der Waals surface area (Å²) in [6, 6.07) is 16.8. The second kappa shape index (κ2) is 9.90. The van der Waals surface area contributed by atoms with Crippen LogP contribution in [0.5, 0.6) is 5.75 Å². The van der Waals surface area contributed by atoms with Crippen molar-refractivity contribution in [1.29, 1.82) is 0 Å². The molecule has 0 radical (unpaired) electrons. The average Bonchev–Trinajstić information content (AvgIpc) is 3.22. The van der Waals surface area contributed by atoms with Crippen molar-refractivity contribution >= 4 is 29.1 Å². The molecule has 0 fully saturated rings. The summed E-state index contributed by atoms with van der Waals surface area (Å²) in [7, 11) is 0. The van der Waals surface area contributed by atoms with Crippen molar-refractivity contribution in [2.45, 2.75) is 19.3 Å². The van der Waals surface area contributed by atoms with E-state index >= 15 is 0 Å². The highest BCUT2D eigenvalue weighted by molar-refractivity contribution is 6.30. The average molecular weight is 400 g/mol. The standard InChI is InChI=1S/C21H22ClN3O3/c22-17-6-8-18(9-7-17)28-15-13-23-20(26)10-11-21(27)25-14-12-19(24-25)16-4-2-1-3-5-16/h1-9H,10-15H2,(H,23,26). The van der Waals surface area contributed by atoms with Gasteiger partial charge in [-0.3, -0.25) is 9.59 Å². The molecule has 6 nitrogen and oxygen atoms in total. The number of amides is 2. The van der Waals surface area contributed by atoms with E-state index in [1.807, 2.05) is 30.3 Å². The van der Waals surface area contributed by atoms with E-state index in [0.29, 0.717) is 30.5 Å². The molecule has 0 bridgehead atoms. The summed E-state index contributed by atoms with van der Waals surface area (Å²) in [6.45, 7) is 1.27. The minimum Gasteiger partial charge on any atom is -0.492 e. The van der Waals surface area contributed by atoms with Gasteiger partial charge in [0.25, 0.3) is 0 Å². The van der Waals surface area contributed by atoms with Crippen LogP contribution in [0.4, 0.5) is 0 Å². The molecule has 3 rings (SSSR count). The van der Waals surface area contributed by atoms with Gasteiger partial charge in [0.05, 0.1) is 18.8 Å². The summed E-state index contributed by atoms with van der Waals surface area (Å²) in [5.41, 5.74) is 1.92. The molecule has 146 valence electrons. The summed E-state index contributed by atoms with van der Waals surface area (Å²) >= 11 is 5.81. The Kier molecular flexibility index (Phi) is 7.03. The Hall–Kier alpha value is -2.86. The predicted octanol–water partition coefficient (Wildman–Crippen LogP) is 3.25. The van der Waals surface area contributed by atoms with Gasteiger partial charge in [-0.15, -0.1) is 0 Å². The number of rotatable bonds is 8. The van der Waals surface area contributed by atoms with Gasteiger partial charge in [0, 0.05) is 24.3 Å². The molecule has 7 heteroatoms. The molecule has 1 aliphatic heterocycles. The summed E-state index contributed by atoms with van der Waals surface area (Å²) in [5.74, 6) is 0.368. The number of hydrogen-bond donors (Lipinski definition) is 1. The first kappa shape index (κ1) is 19.9. The van der Waals surface area contributed by atoms with Gasteiger partial charge < -0.3 is 10.1 Å². The minimum absolute atomic E-state index is 0.131. The van der Waals surface area contributed by atoms with Crippen molar-refractivity contribution in [3.63, 3.8) is 0 Å². The second-order valence-electron chi connectivity index (χ2n) is 6.33. The quantitative estimate of drug-likeness (QED) is 0.692. The number of benzene rings is 2. The normalized spacial score (nSPS) is 13.2. The molecule has 0 spiro atoms. The maximum Gasteiger partial charge on any atom is 0.243 e. The number of nitrogens with one attached hydrogen (secondary N) is 1. The number of hydrazone groups is 1. The molecule has 2 amide bonds. The van der Waals surface area contributed by atoms with Gasteiger partial charge in [0.1, 0.15) is 12.4 Å². The molecule has 1 N–H and O–H groups in total. The number of nitrogens with zero attached hydrogens (tertiary/aromatic N) is 2. The van der Waals surface area contributed by atoms with Gasteiger partial charge >= 0.3 is 0 Å². The van der Waals surface area contributed by atoms with E-state index in [4.69, 9.17) is 16.3 Å². The molecule has 0 unspecified atom stereocenters. The van der Waals surface area contributed by atoms with Crippen LogP contribution in [-0.2, 0) is 9.59 Å². The summed E-state index contributed by atoms with van der Waals surface area (Å²) in [4.78, 5) is 24.2. The molecule has 2 aromatic carbocycles. The van der Waals surface area contributed by atoms with Gasteiger partial charge in [-0.1, -0.05) is 41.9 Å². The van der Waals surface area contributed by atoms with Crippen LogP contribution in [0.2, 0.25) is 5.02 Å². The molecule has 0 saturated heterocycles. The third kappa shape index (κ3) is 5.82. The minimum atomic E-state index is -0.181. The topological polar surface area (TPSA) is 71.0 Å². The number of hydrogen-bond acceptors (Lipinski definition) is 4. The van der Waals surface area contributed by atoms with Crippen LogP contribution in [0.3, 0.4) is 0 Å². The number of carbonyl (C=O) groups excluding carboxylic acids is 2. The van der Waals surface area contributed by atoms with E-state index in [0.717, 1.165) is 17.7 Å². The third-order valence-electron chi connectivity index (χ3n) is 4.27. The van der Waals surface area contributed by atoms with Crippen molar-refractivity contribution in [1.82, 2.24) is 10.3 Å². The van der Waals surface area contributed by atoms with Gasteiger partial charge in [0.15, 0.2) is 0 Å². The zero-order valence-corrected chi connectivity index (χ0v) is 16.2. The molecular weight excluding hydrogens is 378 g/mol. The van der Waals surface area contributed by atoms with Crippen molar-refractivity contribution in [2.24, 2.45) is 5.10 Å². The van der Waals surface area contributed by atoms with E-state index in [1.54, 1.807) is 24.3 Å². The maximum atomic E-state index is 12.3. The van der Waals surface area contributed by atoms with E-state index in [1.165, 1.54) is 5.01 Å². The van der Waals surface area contributed by atoms with Crippen molar-refractivity contribution < 1.29 is 14.3 Å². The monoisotopic (exact) mass is 399 g/mol. The van der Waals surface area contributed by atoms with Crippen LogP contribution >= 0.6 is 11.6 Å². The van der Waals surface area contributed by atoms with Gasteiger partial charge in [-0.05, 0) is 29.8 Å². The molecule has 0 atom stereocenters. The lowest BCUT2D eigenvalue weighted by Gasteiger charge is -2.11. The number of halogens is 1. The van der Waals surface area contributed by atoms with Crippen LogP contribution in [0.1, 0.15) is 24.8 Å². The van der Waals surface area contributed by atoms with Crippen molar-refractivity contribution in [3.05, 3.63) is 65.2 Å². The zero-order chi connectivity index (χ0) is 19.8. The highest BCUT2D eigenvalue weighted by atomic mass is 35.5. The van der Waals surface area contributed by atoms with Crippen LogP contribution in [0.15, 0.2) is 59.7 Å². The van der Waals surface area contributed by atoms with E-state index in [9.17, 15) is 9.59 Å². The summed E-state index contributed by atoms with van der Waals surface area (Å²) < 4.78 is 5.51. The molecule has 1 heterocycles. The molecule has 1 aliphatic rings. The molecule has 0 aliphatic carbocycles. The highest BCUT2D eigenvalue weighted by Gasteiger charge is 2.21.